The van der Waals surface area contributed by atoms with Crippen molar-refractivity contribution in [2.45, 2.75) is 13.3 Å². The molecular formula is C20H23N5O4. The number of ether oxygens (including phenoxy) is 2. The monoisotopic (exact) mass is 397 g/mol. The van der Waals surface area contributed by atoms with Gasteiger partial charge < -0.3 is 24.2 Å². The Morgan fingerprint density at radius 3 is 2.76 bits per heavy atom. The lowest BCUT2D eigenvalue weighted by atomic mass is 10.1. The average Bonchev–Trinajstić information content (AvgIpc) is 3.20. The normalized spacial score (nSPS) is 14.2. The molecule has 1 amide bonds. The van der Waals surface area contributed by atoms with Crippen LogP contribution in [0.15, 0.2) is 35.1 Å². The number of carbonyl (C=O) groups is 1. The first-order chi connectivity index (χ1) is 14.3. The molecule has 4 rings (SSSR count). The Morgan fingerprint density at radius 2 is 2.00 bits per heavy atom. The highest BCUT2D eigenvalue weighted by Crippen LogP contribution is 2.27. The van der Waals surface area contributed by atoms with Gasteiger partial charge in [-0.3, -0.25) is 4.79 Å². The zero-order valence-electron chi connectivity index (χ0n) is 16.3. The molecule has 0 atom stereocenters. The number of nitrogens with zero attached hydrogens (tertiary/aromatic N) is 4. The van der Waals surface area contributed by atoms with E-state index in [9.17, 15) is 4.79 Å². The first-order valence-corrected chi connectivity index (χ1v) is 9.69. The van der Waals surface area contributed by atoms with Crippen LogP contribution in [0.25, 0.3) is 11.1 Å². The van der Waals surface area contributed by atoms with Crippen molar-refractivity contribution >= 4 is 22.8 Å². The second-order valence-corrected chi connectivity index (χ2v) is 6.59. The standard InChI is InChI=1S/C20H23N5O4/c1-2-28-15-5-3-14(4-6-15)7-8-21-19(26)17-16-18(25-9-11-27-12-10-25)22-13-23-20(16)29-24-17/h3-6,13H,2,7-12H2,1H3,(H,21,26). The second-order valence-electron chi connectivity index (χ2n) is 6.59. The van der Waals surface area contributed by atoms with E-state index < -0.39 is 0 Å². The number of amides is 1. The highest BCUT2D eigenvalue weighted by molar-refractivity contribution is 6.07. The summed E-state index contributed by atoms with van der Waals surface area (Å²) in [7, 11) is 0. The highest BCUT2D eigenvalue weighted by Gasteiger charge is 2.24. The van der Waals surface area contributed by atoms with Gasteiger partial charge in [0.1, 0.15) is 23.3 Å². The van der Waals surface area contributed by atoms with Crippen molar-refractivity contribution in [3.05, 3.63) is 41.9 Å². The Hall–Kier alpha value is -3.20. The number of rotatable bonds is 7. The van der Waals surface area contributed by atoms with Gasteiger partial charge in [-0.25, -0.2) is 4.98 Å². The summed E-state index contributed by atoms with van der Waals surface area (Å²) in [6, 6.07) is 7.84. The van der Waals surface area contributed by atoms with Gasteiger partial charge in [-0.2, -0.15) is 4.98 Å². The third-order valence-electron chi connectivity index (χ3n) is 4.71. The predicted molar refractivity (Wildman–Crippen MR) is 106 cm³/mol. The van der Waals surface area contributed by atoms with Gasteiger partial charge in [-0.05, 0) is 31.0 Å². The molecule has 1 saturated heterocycles. The molecule has 29 heavy (non-hydrogen) atoms. The fourth-order valence-corrected chi connectivity index (χ4v) is 3.26. The van der Waals surface area contributed by atoms with Crippen LogP contribution < -0.4 is 15.0 Å². The highest BCUT2D eigenvalue weighted by atomic mass is 16.5. The van der Waals surface area contributed by atoms with Crippen LogP contribution in [0, 0.1) is 0 Å². The largest absolute Gasteiger partial charge is 0.494 e. The van der Waals surface area contributed by atoms with Crippen molar-refractivity contribution in [2.75, 3.05) is 44.4 Å². The van der Waals surface area contributed by atoms with Crippen LogP contribution >= 0.6 is 0 Å². The summed E-state index contributed by atoms with van der Waals surface area (Å²) >= 11 is 0. The molecule has 0 aliphatic carbocycles. The summed E-state index contributed by atoms with van der Waals surface area (Å²) < 4.78 is 16.1. The van der Waals surface area contributed by atoms with E-state index in [2.05, 4.69) is 25.3 Å². The maximum Gasteiger partial charge on any atom is 0.274 e. The fourth-order valence-electron chi connectivity index (χ4n) is 3.26. The van der Waals surface area contributed by atoms with E-state index >= 15 is 0 Å². The number of hydrogen-bond acceptors (Lipinski definition) is 8. The van der Waals surface area contributed by atoms with Crippen molar-refractivity contribution in [3.8, 4) is 5.75 Å². The quantitative estimate of drug-likeness (QED) is 0.644. The zero-order chi connectivity index (χ0) is 20.1. The van der Waals surface area contributed by atoms with E-state index in [-0.39, 0.29) is 11.6 Å². The maximum atomic E-state index is 12.7. The lowest BCUT2D eigenvalue weighted by Gasteiger charge is -2.27. The molecule has 1 fully saturated rings. The Morgan fingerprint density at radius 1 is 1.21 bits per heavy atom. The lowest BCUT2D eigenvalue weighted by molar-refractivity contribution is 0.0946. The molecule has 152 valence electrons. The van der Waals surface area contributed by atoms with E-state index in [1.165, 1.54) is 6.33 Å². The lowest BCUT2D eigenvalue weighted by Crippen LogP contribution is -2.37. The van der Waals surface area contributed by atoms with E-state index in [1.54, 1.807) is 0 Å². The minimum absolute atomic E-state index is 0.203. The number of carbonyl (C=O) groups excluding carboxylic acids is 1. The molecule has 0 saturated carbocycles. The van der Waals surface area contributed by atoms with E-state index in [1.807, 2.05) is 31.2 Å². The van der Waals surface area contributed by atoms with Gasteiger partial charge in [0.15, 0.2) is 5.69 Å². The minimum atomic E-state index is -0.306. The molecule has 1 aliphatic rings. The van der Waals surface area contributed by atoms with Gasteiger partial charge in [-0.1, -0.05) is 17.3 Å². The van der Waals surface area contributed by atoms with Crippen molar-refractivity contribution in [1.29, 1.82) is 0 Å². The van der Waals surface area contributed by atoms with E-state index in [0.29, 0.717) is 62.8 Å². The molecule has 1 aromatic carbocycles. The number of benzene rings is 1. The summed E-state index contributed by atoms with van der Waals surface area (Å²) in [5.41, 5.74) is 1.61. The summed E-state index contributed by atoms with van der Waals surface area (Å²) in [5.74, 6) is 1.18. The number of nitrogens with one attached hydrogen (secondary N) is 1. The van der Waals surface area contributed by atoms with E-state index in [4.69, 9.17) is 14.0 Å². The summed E-state index contributed by atoms with van der Waals surface area (Å²) in [6.45, 7) is 5.67. The molecule has 1 N–H and O–H groups in total. The average molecular weight is 397 g/mol. The molecule has 9 heteroatoms. The van der Waals surface area contributed by atoms with Gasteiger partial charge in [0, 0.05) is 19.6 Å². The number of hydrogen-bond donors (Lipinski definition) is 1. The molecule has 0 spiro atoms. The predicted octanol–water partition coefficient (Wildman–Crippen LogP) is 1.83. The van der Waals surface area contributed by atoms with Gasteiger partial charge >= 0.3 is 0 Å². The van der Waals surface area contributed by atoms with Gasteiger partial charge in [0.25, 0.3) is 11.6 Å². The smallest absolute Gasteiger partial charge is 0.274 e. The van der Waals surface area contributed by atoms with Crippen LogP contribution in [0.4, 0.5) is 5.82 Å². The number of anilines is 1. The fraction of sp³-hybridized carbons (Fsp3) is 0.400. The van der Waals surface area contributed by atoms with Gasteiger partial charge in [0.05, 0.1) is 19.8 Å². The van der Waals surface area contributed by atoms with Crippen molar-refractivity contribution in [1.82, 2.24) is 20.4 Å². The molecule has 2 aromatic heterocycles. The van der Waals surface area contributed by atoms with Gasteiger partial charge in [-0.15, -0.1) is 0 Å². The molecule has 0 bridgehead atoms. The van der Waals surface area contributed by atoms with E-state index in [0.717, 1.165) is 11.3 Å². The van der Waals surface area contributed by atoms with Crippen LogP contribution in [0.2, 0.25) is 0 Å². The molecule has 3 aromatic rings. The number of aromatic nitrogens is 3. The first-order valence-electron chi connectivity index (χ1n) is 9.69. The third kappa shape index (κ3) is 4.29. The molecule has 0 radical (unpaired) electrons. The molecule has 1 aliphatic heterocycles. The van der Waals surface area contributed by atoms with Crippen LogP contribution in [0.5, 0.6) is 5.75 Å². The van der Waals surface area contributed by atoms with Crippen LogP contribution in [0.1, 0.15) is 23.0 Å². The second kappa shape index (κ2) is 8.87. The zero-order valence-corrected chi connectivity index (χ0v) is 16.3. The van der Waals surface area contributed by atoms with Crippen molar-refractivity contribution in [2.24, 2.45) is 0 Å². The Balaban J connectivity index is 1.44. The van der Waals surface area contributed by atoms with Crippen molar-refractivity contribution in [3.63, 3.8) is 0 Å². The summed E-state index contributed by atoms with van der Waals surface area (Å²) in [5, 5.41) is 7.38. The molecule has 9 nitrogen and oxygen atoms in total. The Bertz CT molecular complexity index is 967. The summed E-state index contributed by atoms with van der Waals surface area (Å²) in [4.78, 5) is 23.3. The Kier molecular flexibility index (Phi) is 5.85. The molecule has 3 heterocycles. The minimum Gasteiger partial charge on any atom is -0.494 e. The van der Waals surface area contributed by atoms with Crippen LogP contribution in [-0.2, 0) is 11.2 Å². The first kappa shape index (κ1) is 19.1. The molecular weight excluding hydrogens is 374 g/mol. The SMILES string of the molecule is CCOc1ccc(CCNC(=O)c2noc3ncnc(N4CCOCC4)c23)cc1. The van der Waals surface area contributed by atoms with Gasteiger partial charge in [0.2, 0.25) is 0 Å². The van der Waals surface area contributed by atoms with Crippen molar-refractivity contribution < 1.29 is 18.8 Å². The summed E-state index contributed by atoms with van der Waals surface area (Å²) in [6.07, 6.45) is 2.12. The molecule has 0 unspecified atom stereocenters. The maximum absolute atomic E-state index is 12.7. The van der Waals surface area contributed by atoms with Crippen LogP contribution in [-0.4, -0.2) is 60.5 Å². The topological polar surface area (TPSA) is 103 Å². The Labute approximate surface area is 168 Å². The van der Waals surface area contributed by atoms with Crippen LogP contribution in [0.3, 0.4) is 0 Å². The third-order valence-corrected chi connectivity index (χ3v) is 4.71. The number of fused-ring (bicyclic) bond motifs is 1. The number of morpholine rings is 1.